The normalized spacial score (nSPS) is 21.9. The molecule has 154 valence electrons. The number of rotatable bonds is 7. The van der Waals surface area contributed by atoms with Gasteiger partial charge in [0.05, 0.1) is 7.11 Å². The average molecular weight is 488 g/mol. The SMILES string of the molecule is CCNC(=NCC1CCCN(C)C1c1ccc(OC)cc1)NC(C)CC.I. The molecule has 27 heavy (non-hydrogen) atoms. The molecule has 0 bridgehead atoms. The molecule has 0 amide bonds. The highest BCUT2D eigenvalue weighted by Crippen LogP contribution is 2.35. The standard InChI is InChI=1S/C21H36N4O.HI/c1-6-16(3)24-21(22-7-2)23-15-18-9-8-14-25(4)20(18)17-10-12-19(26-5)13-11-17;/h10-13,16,18,20H,6-9,14-15H2,1-5H3,(H2,22,23,24);1H. The van der Waals surface area contributed by atoms with Gasteiger partial charge in [0.2, 0.25) is 0 Å². The van der Waals surface area contributed by atoms with E-state index in [0.717, 1.165) is 37.8 Å². The number of hydrogen-bond donors (Lipinski definition) is 2. The van der Waals surface area contributed by atoms with Crippen molar-refractivity contribution in [1.29, 1.82) is 0 Å². The van der Waals surface area contributed by atoms with Crippen molar-refractivity contribution < 1.29 is 4.74 Å². The van der Waals surface area contributed by atoms with E-state index >= 15 is 0 Å². The van der Waals surface area contributed by atoms with Gasteiger partial charge >= 0.3 is 0 Å². The molecular weight excluding hydrogens is 451 g/mol. The Hall–Kier alpha value is -1.02. The number of hydrogen-bond acceptors (Lipinski definition) is 3. The first-order valence-electron chi connectivity index (χ1n) is 9.98. The third kappa shape index (κ3) is 7.14. The average Bonchev–Trinajstić information content (AvgIpc) is 2.66. The van der Waals surface area contributed by atoms with Gasteiger partial charge in [-0.3, -0.25) is 9.89 Å². The zero-order valence-corrected chi connectivity index (χ0v) is 19.8. The highest BCUT2D eigenvalue weighted by molar-refractivity contribution is 14.0. The van der Waals surface area contributed by atoms with Crippen LogP contribution in [-0.4, -0.2) is 50.7 Å². The van der Waals surface area contributed by atoms with E-state index in [9.17, 15) is 0 Å². The maximum atomic E-state index is 5.31. The monoisotopic (exact) mass is 488 g/mol. The van der Waals surface area contributed by atoms with Crippen molar-refractivity contribution >= 4 is 29.9 Å². The molecule has 5 nitrogen and oxygen atoms in total. The Kier molecular flexibility index (Phi) is 11.1. The number of nitrogens with one attached hydrogen (secondary N) is 2. The molecule has 1 aromatic rings. The molecule has 3 atom stereocenters. The second kappa shape index (κ2) is 12.4. The van der Waals surface area contributed by atoms with Gasteiger partial charge in [-0.25, -0.2) is 0 Å². The highest BCUT2D eigenvalue weighted by atomic mass is 127. The lowest BCUT2D eigenvalue weighted by atomic mass is 9.85. The lowest BCUT2D eigenvalue weighted by Gasteiger charge is -2.39. The van der Waals surface area contributed by atoms with Gasteiger partial charge in [-0.1, -0.05) is 19.1 Å². The highest BCUT2D eigenvalue weighted by Gasteiger charge is 2.30. The van der Waals surface area contributed by atoms with Crippen LogP contribution in [0.25, 0.3) is 0 Å². The lowest BCUT2D eigenvalue weighted by Crippen LogP contribution is -2.43. The summed E-state index contributed by atoms with van der Waals surface area (Å²) in [5.41, 5.74) is 1.35. The summed E-state index contributed by atoms with van der Waals surface area (Å²) in [6, 6.07) is 9.36. The number of likely N-dealkylation sites (tertiary alicyclic amines) is 1. The Morgan fingerprint density at radius 3 is 2.59 bits per heavy atom. The molecule has 1 heterocycles. The smallest absolute Gasteiger partial charge is 0.191 e. The minimum Gasteiger partial charge on any atom is -0.497 e. The van der Waals surface area contributed by atoms with Crippen LogP contribution in [0.3, 0.4) is 0 Å². The predicted molar refractivity (Wildman–Crippen MR) is 125 cm³/mol. The van der Waals surface area contributed by atoms with Crippen molar-refractivity contribution in [3.8, 4) is 5.75 Å². The molecule has 2 N–H and O–H groups in total. The first-order valence-corrected chi connectivity index (χ1v) is 9.98. The minimum atomic E-state index is 0. The van der Waals surface area contributed by atoms with E-state index in [0.29, 0.717) is 18.0 Å². The summed E-state index contributed by atoms with van der Waals surface area (Å²) in [6.45, 7) is 9.37. The van der Waals surface area contributed by atoms with Gasteiger partial charge in [-0.2, -0.15) is 0 Å². The van der Waals surface area contributed by atoms with Gasteiger partial charge in [-0.05, 0) is 70.3 Å². The van der Waals surface area contributed by atoms with Crippen LogP contribution in [0.1, 0.15) is 51.6 Å². The molecule has 1 saturated heterocycles. The summed E-state index contributed by atoms with van der Waals surface area (Å²) in [6.07, 6.45) is 3.54. The van der Waals surface area contributed by atoms with E-state index in [1.54, 1.807) is 7.11 Å². The molecule has 1 aliphatic heterocycles. The third-order valence-corrected chi connectivity index (χ3v) is 5.29. The van der Waals surface area contributed by atoms with Crippen molar-refractivity contribution in [2.45, 2.75) is 52.1 Å². The molecule has 3 unspecified atom stereocenters. The van der Waals surface area contributed by atoms with Crippen molar-refractivity contribution in [3.05, 3.63) is 29.8 Å². The maximum absolute atomic E-state index is 5.31. The quantitative estimate of drug-likeness (QED) is 0.346. The van der Waals surface area contributed by atoms with E-state index < -0.39 is 0 Å². The van der Waals surface area contributed by atoms with Gasteiger partial charge in [-0.15, -0.1) is 24.0 Å². The zero-order chi connectivity index (χ0) is 18.9. The Bertz CT molecular complexity index is 564. The molecule has 1 aliphatic rings. The Balaban J connectivity index is 0.00000364. The third-order valence-electron chi connectivity index (χ3n) is 5.29. The molecule has 2 rings (SSSR count). The number of halogens is 1. The molecular formula is C21H37IN4O. The number of aliphatic imine (C=N–C) groups is 1. The molecule has 0 aromatic heterocycles. The summed E-state index contributed by atoms with van der Waals surface area (Å²) in [5.74, 6) is 2.37. The minimum absolute atomic E-state index is 0. The van der Waals surface area contributed by atoms with Crippen molar-refractivity contribution in [3.63, 3.8) is 0 Å². The fourth-order valence-electron chi connectivity index (χ4n) is 3.64. The van der Waals surface area contributed by atoms with Gasteiger partial charge in [0.15, 0.2) is 5.96 Å². The summed E-state index contributed by atoms with van der Waals surface area (Å²) in [5, 5.41) is 6.87. The van der Waals surface area contributed by atoms with Crippen LogP contribution in [0, 0.1) is 5.92 Å². The molecule has 0 aliphatic carbocycles. The Morgan fingerprint density at radius 1 is 1.30 bits per heavy atom. The fraction of sp³-hybridized carbons (Fsp3) is 0.667. The largest absolute Gasteiger partial charge is 0.497 e. The number of benzene rings is 1. The van der Waals surface area contributed by atoms with Gasteiger partial charge in [0.1, 0.15) is 5.75 Å². The van der Waals surface area contributed by atoms with Gasteiger partial charge in [0, 0.05) is 25.2 Å². The van der Waals surface area contributed by atoms with E-state index in [2.05, 4.69) is 67.6 Å². The second-order valence-electron chi connectivity index (χ2n) is 7.27. The van der Waals surface area contributed by atoms with Crippen LogP contribution in [0.5, 0.6) is 5.75 Å². The molecule has 0 saturated carbocycles. The van der Waals surface area contributed by atoms with Crippen LogP contribution < -0.4 is 15.4 Å². The molecule has 6 heteroatoms. The number of piperidine rings is 1. The predicted octanol–water partition coefficient (Wildman–Crippen LogP) is 4.05. The summed E-state index contributed by atoms with van der Waals surface area (Å²) >= 11 is 0. The zero-order valence-electron chi connectivity index (χ0n) is 17.5. The maximum Gasteiger partial charge on any atom is 0.191 e. The molecule has 0 spiro atoms. The van der Waals surface area contributed by atoms with E-state index in [-0.39, 0.29) is 24.0 Å². The lowest BCUT2D eigenvalue weighted by molar-refractivity contribution is 0.125. The number of methoxy groups -OCH3 is 1. The first-order chi connectivity index (χ1) is 12.6. The van der Waals surface area contributed by atoms with Crippen LogP contribution in [0.2, 0.25) is 0 Å². The van der Waals surface area contributed by atoms with Gasteiger partial charge < -0.3 is 15.4 Å². The first kappa shape index (κ1) is 24.0. The molecule has 1 fully saturated rings. The van der Waals surface area contributed by atoms with Crippen LogP contribution in [-0.2, 0) is 0 Å². The van der Waals surface area contributed by atoms with E-state index in [1.807, 2.05) is 0 Å². The van der Waals surface area contributed by atoms with E-state index in [1.165, 1.54) is 18.4 Å². The van der Waals surface area contributed by atoms with Crippen molar-refractivity contribution in [2.24, 2.45) is 10.9 Å². The number of ether oxygens (including phenoxy) is 1. The second-order valence-corrected chi connectivity index (χ2v) is 7.27. The molecule has 0 radical (unpaired) electrons. The Morgan fingerprint density at radius 2 is 2.00 bits per heavy atom. The topological polar surface area (TPSA) is 48.9 Å². The number of guanidine groups is 1. The van der Waals surface area contributed by atoms with E-state index in [4.69, 9.17) is 9.73 Å². The van der Waals surface area contributed by atoms with Crippen molar-refractivity contribution in [2.75, 3.05) is 33.8 Å². The van der Waals surface area contributed by atoms with Crippen LogP contribution in [0.15, 0.2) is 29.3 Å². The number of nitrogens with zero attached hydrogens (tertiary/aromatic N) is 2. The summed E-state index contributed by atoms with van der Waals surface area (Å²) < 4.78 is 5.31. The van der Waals surface area contributed by atoms with Gasteiger partial charge in [0.25, 0.3) is 0 Å². The van der Waals surface area contributed by atoms with Crippen LogP contribution >= 0.6 is 24.0 Å². The Labute approximate surface area is 182 Å². The van der Waals surface area contributed by atoms with Crippen molar-refractivity contribution in [1.82, 2.24) is 15.5 Å². The summed E-state index contributed by atoms with van der Waals surface area (Å²) in [4.78, 5) is 7.38. The summed E-state index contributed by atoms with van der Waals surface area (Å²) in [7, 11) is 3.94. The fourth-order valence-corrected chi connectivity index (χ4v) is 3.64. The molecule has 1 aromatic carbocycles. The van der Waals surface area contributed by atoms with Crippen LogP contribution in [0.4, 0.5) is 0 Å².